The number of hydrogen-bond donors (Lipinski definition) is 2. The van der Waals surface area contributed by atoms with Crippen molar-refractivity contribution in [3.63, 3.8) is 0 Å². The summed E-state index contributed by atoms with van der Waals surface area (Å²) >= 11 is 0. The average molecular weight is 250 g/mol. The molecule has 0 radical (unpaired) electrons. The summed E-state index contributed by atoms with van der Waals surface area (Å²) in [5.41, 5.74) is 7.63. The fourth-order valence-electron chi connectivity index (χ4n) is 2.35. The van der Waals surface area contributed by atoms with Gasteiger partial charge in [0.25, 0.3) is 0 Å². The molecule has 0 spiro atoms. The van der Waals surface area contributed by atoms with Gasteiger partial charge in [-0.1, -0.05) is 0 Å². The van der Waals surface area contributed by atoms with Crippen molar-refractivity contribution in [2.24, 2.45) is 5.84 Å². The van der Waals surface area contributed by atoms with E-state index >= 15 is 0 Å². The lowest BCUT2D eigenvalue weighted by Gasteiger charge is -2.35. The Bertz CT molecular complexity index is 444. The van der Waals surface area contributed by atoms with E-state index in [1.165, 1.54) is 0 Å². The van der Waals surface area contributed by atoms with Gasteiger partial charge in [0.1, 0.15) is 13.2 Å². The molecule has 98 valence electrons. The van der Waals surface area contributed by atoms with Crippen molar-refractivity contribution in [2.75, 3.05) is 50.0 Å². The minimum atomic E-state index is 0.576. The second-order valence-electron chi connectivity index (χ2n) is 4.59. The third-order valence-electron chi connectivity index (χ3n) is 3.30. The Morgan fingerprint density at radius 1 is 1.00 bits per heavy atom. The monoisotopic (exact) mass is 250 g/mol. The van der Waals surface area contributed by atoms with Gasteiger partial charge in [-0.3, -0.25) is 5.84 Å². The molecule has 1 aromatic carbocycles. The molecular formula is C12H18N4O2. The van der Waals surface area contributed by atoms with Crippen LogP contribution < -0.4 is 25.9 Å². The van der Waals surface area contributed by atoms with Crippen molar-refractivity contribution in [1.82, 2.24) is 5.01 Å². The van der Waals surface area contributed by atoms with Gasteiger partial charge in [0.05, 0.1) is 5.69 Å². The first-order valence-corrected chi connectivity index (χ1v) is 6.18. The lowest BCUT2D eigenvalue weighted by atomic mass is 10.2. The molecule has 0 aromatic heterocycles. The molecule has 1 saturated heterocycles. The third kappa shape index (κ3) is 2.04. The highest BCUT2D eigenvalue weighted by molar-refractivity contribution is 5.71. The Morgan fingerprint density at radius 3 is 2.50 bits per heavy atom. The molecule has 18 heavy (non-hydrogen) atoms. The second kappa shape index (κ2) is 4.55. The van der Waals surface area contributed by atoms with Crippen LogP contribution >= 0.6 is 0 Å². The van der Waals surface area contributed by atoms with Crippen LogP contribution in [0.4, 0.5) is 11.4 Å². The van der Waals surface area contributed by atoms with Crippen LogP contribution in [0.5, 0.6) is 11.5 Å². The number of nitrogens with two attached hydrogens (primary N) is 2. The van der Waals surface area contributed by atoms with E-state index in [4.69, 9.17) is 21.1 Å². The summed E-state index contributed by atoms with van der Waals surface area (Å²) in [6.45, 7) is 4.58. The van der Waals surface area contributed by atoms with Gasteiger partial charge >= 0.3 is 0 Å². The Labute approximate surface area is 106 Å². The zero-order valence-corrected chi connectivity index (χ0v) is 10.3. The molecule has 3 rings (SSSR count). The summed E-state index contributed by atoms with van der Waals surface area (Å²) in [5.74, 6) is 7.32. The molecule has 2 aliphatic rings. The zero-order chi connectivity index (χ0) is 12.5. The van der Waals surface area contributed by atoms with Crippen LogP contribution in [0.1, 0.15) is 0 Å². The minimum absolute atomic E-state index is 0.576. The standard InChI is InChI=1S/C12H18N4O2/c13-9-7-10(15-1-3-16(14)4-2-15)12-11(8-9)17-5-6-18-12/h7-8H,1-6,13-14H2. The smallest absolute Gasteiger partial charge is 0.184 e. The number of anilines is 2. The van der Waals surface area contributed by atoms with Gasteiger partial charge in [-0.25, -0.2) is 5.01 Å². The Kier molecular flexibility index (Phi) is 2.89. The van der Waals surface area contributed by atoms with Gasteiger partial charge < -0.3 is 20.1 Å². The van der Waals surface area contributed by atoms with Gasteiger partial charge in [-0.2, -0.15) is 0 Å². The van der Waals surface area contributed by atoms with Gasteiger partial charge in [0.2, 0.25) is 0 Å². The number of nitrogens with zero attached hydrogens (tertiary/aromatic N) is 2. The molecule has 0 atom stereocenters. The molecular weight excluding hydrogens is 232 g/mol. The van der Waals surface area contributed by atoms with Crippen molar-refractivity contribution in [1.29, 1.82) is 0 Å². The Morgan fingerprint density at radius 2 is 1.72 bits per heavy atom. The van der Waals surface area contributed by atoms with E-state index < -0.39 is 0 Å². The third-order valence-corrected chi connectivity index (χ3v) is 3.30. The Balaban J connectivity index is 1.93. The highest BCUT2D eigenvalue weighted by atomic mass is 16.6. The molecule has 1 fully saturated rings. The highest BCUT2D eigenvalue weighted by Gasteiger charge is 2.23. The number of hydrazine groups is 1. The van der Waals surface area contributed by atoms with E-state index in [1.54, 1.807) is 0 Å². The summed E-state index contributed by atoms with van der Waals surface area (Å²) in [6.07, 6.45) is 0. The quantitative estimate of drug-likeness (QED) is 0.541. The summed E-state index contributed by atoms with van der Waals surface area (Å²) in [5, 5.41) is 1.83. The van der Waals surface area contributed by atoms with Crippen molar-refractivity contribution >= 4 is 11.4 Å². The zero-order valence-electron chi connectivity index (χ0n) is 10.3. The van der Waals surface area contributed by atoms with E-state index in [9.17, 15) is 0 Å². The van der Waals surface area contributed by atoms with Crippen LogP contribution in [-0.4, -0.2) is 44.4 Å². The van der Waals surface area contributed by atoms with Gasteiger partial charge in [0, 0.05) is 37.9 Å². The topological polar surface area (TPSA) is 77.0 Å². The van der Waals surface area contributed by atoms with E-state index in [1.807, 2.05) is 17.1 Å². The SMILES string of the molecule is Nc1cc2c(c(N3CCN(N)CC3)c1)OCCO2. The van der Waals surface area contributed by atoms with Crippen LogP contribution in [0, 0.1) is 0 Å². The largest absolute Gasteiger partial charge is 0.486 e. The second-order valence-corrected chi connectivity index (χ2v) is 4.59. The molecule has 0 amide bonds. The summed E-state index contributed by atoms with van der Waals surface area (Å²) in [4.78, 5) is 2.24. The maximum absolute atomic E-state index is 5.92. The van der Waals surface area contributed by atoms with Crippen LogP contribution in [0.3, 0.4) is 0 Å². The first kappa shape index (κ1) is 11.4. The van der Waals surface area contributed by atoms with Crippen molar-refractivity contribution < 1.29 is 9.47 Å². The molecule has 0 bridgehead atoms. The first-order chi connectivity index (χ1) is 8.74. The van der Waals surface area contributed by atoms with E-state index in [2.05, 4.69) is 4.90 Å². The fourth-order valence-corrected chi connectivity index (χ4v) is 2.35. The first-order valence-electron chi connectivity index (χ1n) is 6.18. The molecule has 6 nitrogen and oxygen atoms in total. The highest BCUT2D eigenvalue weighted by Crippen LogP contribution is 2.41. The molecule has 2 heterocycles. The van der Waals surface area contributed by atoms with Crippen molar-refractivity contribution in [3.8, 4) is 11.5 Å². The molecule has 0 unspecified atom stereocenters. The maximum Gasteiger partial charge on any atom is 0.184 e. The number of nitrogen functional groups attached to an aromatic ring is 1. The number of benzene rings is 1. The number of hydrogen-bond acceptors (Lipinski definition) is 6. The predicted octanol–water partition coefficient (Wildman–Crippen LogP) is 0.0357. The Hall–Kier alpha value is -1.66. The lowest BCUT2D eigenvalue weighted by molar-refractivity contribution is 0.171. The van der Waals surface area contributed by atoms with Gasteiger partial charge in [-0.05, 0) is 6.07 Å². The van der Waals surface area contributed by atoms with Crippen LogP contribution in [-0.2, 0) is 0 Å². The van der Waals surface area contributed by atoms with E-state index in [-0.39, 0.29) is 0 Å². The predicted molar refractivity (Wildman–Crippen MR) is 69.8 cm³/mol. The van der Waals surface area contributed by atoms with Gasteiger partial charge in [0.15, 0.2) is 11.5 Å². The number of piperazine rings is 1. The summed E-state index contributed by atoms with van der Waals surface area (Å²) < 4.78 is 11.3. The van der Waals surface area contributed by atoms with Gasteiger partial charge in [-0.15, -0.1) is 0 Å². The minimum Gasteiger partial charge on any atom is -0.486 e. The summed E-state index contributed by atoms with van der Waals surface area (Å²) in [6, 6.07) is 3.76. The molecule has 2 aliphatic heterocycles. The molecule has 6 heteroatoms. The molecule has 0 aliphatic carbocycles. The normalized spacial score (nSPS) is 19.9. The molecule has 0 saturated carbocycles. The average Bonchev–Trinajstić information content (AvgIpc) is 2.38. The van der Waals surface area contributed by atoms with E-state index in [0.717, 1.165) is 43.4 Å². The van der Waals surface area contributed by atoms with Crippen molar-refractivity contribution in [3.05, 3.63) is 12.1 Å². The number of ether oxygens (including phenoxy) is 2. The van der Waals surface area contributed by atoms with Crippen LogP contribution in [0.15, 0.2) is 12.1 Å². The molecule has 4 N–H and O–H groups in total. The molecule has 1 aromatic rings. The fraction of sp³-hybridized carbons (Fsp3) is 0.500. The number of fused-ring (bicyclic) bond motifs is 1. The number of rotatable bonds is 1. The van der Waals surface area contributed by atoms with Crippen molar-refractivity contribution in [2.45, 2.75) is 0 Å². The maximum atomic E-state index is 5.92. The van der Waals surface area contributed by atoms with E-state index in [0.29, 0.717) is 18.9 Å². The van der Waals surface area contributed by atoms with Crippen LogP contribution in [0.2, 0.25) is 0 Å². The van der Waals surface area contributed by atoms with Crippen LogP contribution in [0.25, 0.3) is 0 Å². The summed E-state index contributed by atoms with van der Waals surface area (Å²) in [7, 11) is 0. The lowest BCUT2D eigenvalue weighted by Crippen LogP contribution is -2.49.